The summed E-state index contributed by atoms with van der Waals surface area (Å²) in [5, 5.41) is 6.63. The number of benzene rings is 2. The summed E-state index contributed by atoms with van der Waals surface area (Å²) in [6.45, 7) is 1.97. The SMILES string of the molecule is COc1ccccc1/C=N/NC(=O)CCC(=O)Nc1ccc(C)cc1. The molecule has 6 heteroatoms. The van der Waals surface area contributed by atoms with Crippen LogP contribution in [-0.2, 0) is 9.59 Å². The van der Waals surface area contributed by atoms with Gasteiger partial charge in [-0.1, -0.05) is 29.8 Å². The number of carbonyl (C=O) groups excluding carboxylic acids is 2. The lowest BCUT2D eigenvalue weighted by molar-refractivity contribution is -0.124. The lowest BCUT2D eigenvalue weighted by Crippen LogP contribution is -2.20. The molecule has 2 amide bonds. The van der Waals surface area contributed by atoms with Crippen LogP contribution in [0.15, 0.2) is 53.6 Å². The molecule has 2 aromatic carbocycles. The smallest absolute Gasteiger partial charge is 0.240 e. The van der Waals surface area contributed by atoms with E-state index in [0.29, 0.717) is 11.4 Å². The Balaban J connectivity index is 1.75. The van der Waals surface area contributed by atoms with Crippen molar-refractivity contribution in [2.75, 3.05) is 12.4 Å². The number of hydrogen-bond acceptors (Lipinski definition) is 4. The van der Waals surface area contributed by atoms with Gasteiger partial charge in [-0.25, -0.2) is 5.43 Å². The fourth-order valence-electron chi connectivity index (χ4n) is 2.09. The van der Waals surface area contributed by atoms with Gasteiger partial charge in [0.25, 0.3) is 0 Å². The third kappa shape index (κ3) is 6.10. The van der Waals surface area contributed by atoms with Crippen LogP contribution >= 0.6 is 0 Å². The standard InChI is InChI=1S/C19H21N3O3/c1-14-7-9-16(10-8-14)21-18(23)11-12-19(24)22-20-13-15-5-3-4-6-17(15)25-2/h3-10,13H,11-12H2,1-2H3,(H,21,23)(H,22,24)/b20-13+. The molecule has 0 heterocycles. The number of carbonyl (C=O) groups is 2. The molecule has 0 bridgehead atoms. The number of nitrogens with one attached hydrogen (secondary N) is 2. The second-order valence-electron chi connectivity index (χ2n) is 5.45. The highest BCUT2D eigenvalue weighted by molar-refractivity contribution is 5.93. The molecule has 2 rings (SSSR count). The van der Waals surface area contributed by atoms with Crippen LogP contribution in [-0.4, -0.2) is 25.1 Å². The molecular formula is C19H21N3O3. The number of anilines is 1. The molecule has 0 unspecified atom stereocenters. The molecule has 0 atom stereocenters. The number of aryl methyl sites for hydroxylation is 1. The van der Waals surface area contributed by atoms with Crippen LogP contribution in [0.2, 0.25) is 0 Å². The Kier molecular flexibility index (Phi) is 6.71. The Bertz CT molecular complexity index is 755. The third-order valence-electron chi connectivity index (χ3n) is 3.45. The van der Waals surface area contributed by atoms with E-state index in [0.717, 1.165) is 11.1 Å². The van der Waals surface area contributed by atoms with Gasteiger partial charge in [0.05, 0.1) is 13.3 Å². The topological polar surface area (TPSA) is 79.8 Å². The van der Waals surface area contributed by atoms with Crippen molar-refractivity contribution in [3.63, 3.8) is 0 Å². The molecule has 6 nitrogen and oxygen atoms in total. The first-order valence-corrected chi connectivity index (χ1v) is 7.90. The fraction of sp³-hybridized carbons (Fsp3) is 0.211. The van der Waals surface area contributed by atoms with Crippen LogP contribution in [0.1, 0.15) is 24.0 Å². The van der Waals surface area contributed by atoms with E-state index < -0.39 is 0 Å². The minimum absolute atomic E-state index is 0.0565. The van der Waals surface area contributed by atoms with E-state index in [1.807, 2.05) is 49.4 Å². The number of hydrogen-bond donors (Lipinski definition) is 2. The van der Waals surface area contributed by atoms with Crippen LogP contribution in [0.4, 0.5) is 5.69 Å². The number of rotatable bonds is 7. The van der Waals surface area contributed by atoms with Crippen molar-refractivity contribution < 1.29 is 14.3 Å². The Hall–Kier alpha value is -3.15. The summed E-state index contributed by atoms with van der Waals surface area (Å²) >= 11 is 0. The molecule has 0 spiro atoms. The van der Waals surface area contributed by atoms with Crippen LogP contribution < -0.4 is 15.5 Å². The predicted octanol–water partition coefficient (Wildman–Crippen LogP) is 2.87. The van der Waals surface area contributed by atoms with E-state index in [4.69, 9.17) is 4.74 Å². The number of amides is 2. The zero-order valence-corrected chi connectivity index (χ0v) is 14.3. The van der Waals surface area contributed by atoms with Crippen LogP contribution in [0, 0.1) is 6.92 Å². The number of hydrazone groups is 1. The molecule has 130 valence electrons. The number of para-hydroxylation sites is 1. The molecule has 0 fully saturated rings. The minimum Gasteiger partial charge on any atom is -0.496 e. The van der Waals surface area contributed by atoms with Gasteiger partial charge in [0.15, 0.2) is 0 Å². The average molecular weight is 339 g/mol. The Labute approximate surface area is 146 Å². The summed E-state index contributed by atoms with van der Waals surface area (Å²) in [4.78, 5) is 23.6. The molecule has 2 aromatic rings. The quantitative estimate of drug-likeness (QED) is 0.601. The Morgan fingerprint density at radius 2 is 1.72 bits per heavy atom. The average Bonchev–Trinajstić information content (AvgIpc) is 2.62. The number of methoxy groups -OCH3 is 1. The van der Waals surface area contributed by atoms with Crippen LogP contribution in [0.25, 0.3) is 0 Å². The van der Waals surface area contributed by atoms with Crippen molar-refractivity contribution in [3.05, 3.63) is 59.7 Å². The highest BCUT2D eigenvalue weighted by Gasteiger charge is 2.07. The Morgan fingerprint density at radius 1 is 1.04 bits per heavy atom. The van der Waals surface area contributed by atoms with Gasteiger partial charge in [-0.15, -0.1) is 0 Å². The van der Waals surface area contributed by atoms with E-state index >= 15 is 0 Å². The maximum absolute atomic E-state index is 11.8. The minimum atomic E-state index is -0.329. The third-order valence-corrected chi connectivity index (χ3v) is 3.45. The molecular weight excluding hydrogens is 318 g/mol. The van der Waals surface area contributed by atoms with Gasteiger partial charge >= 0.3 is 0 Å². The highest BCUT2D eigenvalue weighted by Crippen LogP contribution is 2.14. The van der Waals surface area contributed by atoms with Gasteiger partial charge in [0, 0.05) is 24.1 Å². The molecule has 2 N–H and O–H groups in total. The second kappa shape index (κ2) is 9.22. The molecule has 0 saturated carbocycles. The van der Waals surface area contributed by atoms with Crippen molar-refractivity contribution in [2.24, 2.45) is 5.10 Å². The predicted molar refractivity (Wildman–Crippen MR) is 97.8 cm³/mol. The lowest BCUT2D eigenvalue weighted by atomic mass is 10.2. The normalized spacial score (nSPS) is 10.5. The molecule has 0 aliphatic carbocycles. The maximum Gasteiger partial charge on any atom is 0.240 e. The van der Waals surface area contributed by atoms with Gasteiger partial charge in [-0.3, -0.25) is 9.59 Å². The molecule has 0 aliphatic rings. The largest absolute Gasteiger partial charge is 0.496 e. The summed E-state index contributed by atoms with van der Waals surface area (Å²) in [6.07, 6.45) is 1.65. The first-order chi connectivity index (χ1) is 12.1. The van der Waals surface area contributed by atoms with Crippen molar-refractivity contribution in [1.82, 2.24) is 5.43 Å². The van der Waals surface area contributed by atoms with E-state index in [9.17, 15) is 9.59 Å². The first kappa shape index (κ1) is 18.2. The van der Waals surface area contributed by atoms with Crippen molar-refractivity contribution in [2.45, 2.75) is 19.8 Å². The van der Waals surface area contributed by atoms with Gasteiger partial charge in [0.1, 0.15) is 5.75 Å². The monoisotopic (exact) mass is 339 g/mol. The molecule has 25 heavy (non-hydrogen) atoms. The van der Waals surface area contributed by atoms with Crippen molar-refractivity contribution in [3.8, 4) is 5.75 Å². The fourth-order valence-corrected chi connectivity index (χ4v) is 2.09. The molecule has 0 saturated heterocycles. The van der Waals surface area contributed by atoms with E-state index in [2.05, 4.69) is 15.8 Å². The zero-order chi connectivity index (χ0) is 18.1. The lowest BCUT2D eigenvalue weighted by Gasteiger charge is -2.05. The van der Waals surface area contributed by atoms with Crippen LogP contribution in [0.3, 0.4) is 0 Å². The van der Waals surface area contributed by atoms with Gasteiger partial charge in [-0.2, -0.15) is 5.10 Å². The molecule has 0 aromatic heterocycles. The summed E-state index contributed by atoms with van der Waals surface area (Å²) in [5.74, 6) is 0.121. The van der Waals surface area contributed by atoms with E-state index in [1.165, 1.54) is 6.21 Å². The van der Waals surface area contributed by atoms with E-state index in [-0.39, 0.29) is 24.7 Å². The second-order valence-corrected chi connectivity index (χ2v) is 5.45. The van der Waals surface area contributed by atoms with Crippen LogP contribution in [0.5, 0.6) is 5.75 Å². The summed E-state index contributed by atoms with van der Waals surface area (Å²) in [7, 11) is 1.57. The number of nitrogens with zero attached hydrogens (tertiary/aromatic N) is 1. The maximum atomic E-state index is 11.8. The summed E-state index contributed by atoms with van der Waals surface area (Å²) in [5.41, 5.74) is 4.99. The highest BCUT2D eigenvalue weighted by atomic mass is 16.5. The molecule has 0 radical (unpaired) electrons. The van der Waals surface area contributed by atoms with Gasteiger partial charge < -0.3 is 10.1 Å². The molecule has 0 aliphatic heterocycles. The number of ether oxygens (including phenoxy) is 1. The van der Waals surface area contributed by atoms with Crippen molar-refractivity contribution in [1.29, 1.82) is 0 Å². The first-order valence-electron chi connectivity index (χ1n) is 7.90. The Morgan fingerprint density at radius 3 is 2.44 bits per heavy atom. The van der Waals surface area contributed by atoms with E-state index in [1.54, 1.807) is 13.2 Å². The summed E-state index contributed by atoms with van der Waals surface area (Å²) < 4.78 is 5.19. The van der Waals surface area contributed by atoms with Crippen molar-refractivity contribution >= 4 is 23.7 Å². The summed E-state index contributed by atoms with van der Waals surface area (Å²) in [6, 6.07) is 14.8. The van der Waals surface area contributed by atoms with Gasteiger partial charge in [0.2, 0.25) is 11.8 Å². The van der Waals surface area contributed by atoms with Gasteiger partial charge in [-0.05, 0) is 31.2 Å². The zero-order valence-electron chi connectivity index (χ0n) is 14.3.